The molecular formula is C31H35ClN4O3. The number of piperazine rings is 1. The van der Waals surface area contributed by atoms with Crippen LogP contribution in [0.25, 0.3) is 0 Å². The van der Waals surface area contributed by atoms with Crippen LogP contribution in [0.1, 0.15) is 54.6 Å². The Morgan fingerprint density at radius 3 is 2.69 bits per heavy atom. The van der Waals surface area contributed by atoms with Gasteiger partial charge in [-0.1, -0.05) is 48.0 Å². The average molecular weight is 547 g/mol. The van der Waals surface area contributed by atoms with Crippen LogP contribution in [0.5, 0.6) is 0 Å². The molecule has 3 aromatic rings. The number of nitrogens with zero attached hydrogens (tertiary/aromatic N) is 4. The molecule has 3 heterocycles. The summed E-state index contributed by atoms with van der Waals surface area (Å²) in [5, 5.41) is 21.3. The summed E-state index contributed by atoms with van der Waals surface area (Å²) in [4.78, 5) is 9.15. The zero-order valence-electron chi connectivity index (χ0n) is 22.3. The Morgan fingerprint density at radius 1 is 1.15 bits per heavy atom. The molecule has 0 bridgehead atoms. The van der Waals surface area contributed by atoms with E-state index < -0.39 is 5.60 Å². The van der Waals surface area contributed by atoms with Crippen LogP contribution in [0.15, 0.2) is 66.9 Å². The van der Waals surface area contributed by atoms with Gasteiger partial charge in [0.2, 0.25) is 0 Å². The number of anilines is 1. The van der Waals surface area contributed by atoms with Gasteiger partial charge in [0, 0.05) is 44.5 Å². The van der Waals surface area contributed by atoms with Gasteiger partial charge in [0.05, 0.1) is 40.7 Å². The molecule has 0 aliphatic carbocycles. The van der Waals surface area contributed by atoms with Crippen molar-refractivity contribution in [2.75, 3.05) is 37.7 Å². The third kappa shape index (κ3) is 6.78. The number of ether oxygens (including phenoxy) is 2. The standard InChI is InChI=1S/C31H35ClN4O3/c1-31(37,25-11-12-26(34-19-25)21-39-30-9-5-6-16-38-30)22-35-14-15-36(28-13-10-23(18-33)17-27(28)32)29(20-35)24-7-3-2-4-8-24/h2-4,7-8,10-13,17,19,29-30,37H,5-6,9,14-16,20-22H2,1H3/t29-,30?,31+/m0/s1. The summed E-state index contributed by atoms with van der Waals surface area (Å²) in [6, 6.07) is 21.9. The first kappa shape index (κ1) is 27.6. The third-order valence-electron chi connectivity index (χ3n) is 7.57. The highest BCUT2D eigenvalue weighted by Gasteiger charge is 2.34. The first-order valence-corrected chi connectivity index (χ1v) is 14.0. The lowest BCUT2D eigenvalue weighted by atomic mass is 9.94. The molecule has 2 aliphatic heterocycles. The highest BCUT2D eigenvalue weighted by molar-refractivity contribution is 6.33. The summed E-state index contributed by atoms with van der Waals surface area (Å²) in [7, 11) is 0. The molecule has 3 atom stereocenters. The van der Waals surface area contributed by atoms with Gasteiger partial charge in [-0.15, -0.1) is 0 Å². The first-order valence-electron chi connectivity index (χ1n) is 13.6. The summed E-state index contributed by atoms with van der Waals surface area (Å²) in [5.41, 5.74) is 3.15. The van der Waals surface area contributed by atoms with E-state index >= 15 is 0 Å². The van der Waals surface area contributed by atoms with Crippen LogP contribution in [0.3, 0.4) is 0 Å². The smallest absolute Gasteiger partial charge is 0.158 e. The van der Waals surface area contributed by atoms with Crippen molar-refractivity contribution in [1.29, 1.82) is 5.26 Å². The number of hydrogen-bond acceptors (Lipinski definition) is 7. The van der Waals surface area contributed by atoms with Crippen molar-refractivity contribution in [3.63, 3.8) is 0 Å². The topological polar surface area (TPSA) is 81.9 Å². The summed E-state index contributed by atoms with van der Waals surface area (Å²) in [6.07, 6.45) is 4.73. The van der Waals surface area contributed by atoms with Gasteiger partial charge in [0.15, 0.2) is 6.29 Å². The molecular weight excluding hydrogens is 512 g/mol. The maximum atomic E-state index is 11.5. The van der Waals surface area contributed by atoms with E-state index in [4.69, 9.17) is 21.1 Å². The van der Waals surface area contributed by atoms with Crippen LogP contribution < -0.4 is 4.90 Å². The van der Waals surface area contributed by atoms with Crippen LogP contribution in [0.2, 0.25) is 5.02 Å². The van der Waals surface area contributed by atoms with E-state index in [0.717, 1.165) is 62.4 Å². The number of benzene rings is 2. The van der Waals surface area contributed by atoms with Gasteiger partial charge < -0.3 is 19.5 Å². The minimum Gasteiger partial charge on any atom is -0.384 e. The molecule has 5 rings (SSSR count). The van der Waals surface area contributed by atoms with Gasteiger partial charge in [0.25, 0.3) is 0 Å². The number of aromatic nitrogens is 1. The Hall–Kier alpha value is -2.99. The van der Waals surface area contributed by atoms with E-state index in [-0.39, 0.29) is 12.3 Å². The molecule has 0 radical (unpaired) electrons. The molecule has 1 unspecified atom stereocenters. The number of nitriles is 1. The minimum atomic E-state index is -1.08. The Balaban J connectivity index is 1.27. The zero-order valence-corrected chi connectivity index (χ0v) is 23.1. The van der Waals surface area contributed by atoms with Crippen molar-refractivity contribution >= 4 is 17.3 Å². The van der Waals surface area contributed by atoms with Crippen molar-refractivity contribution in [3.8, 4) is 6.07 Å². The second kappa shape index (κ2) is 12.5. The van der Waals surface area contributed by atoms with Gasteiger partial charge in [0.1, 0.15) is 5.60 Å². The predicted molar refractivity (Wildman–Crippen MR) is 151 cm³/mol. The quantitative estimate of drug-likeness (QED) is 0.404. The van der Waals surface area contributed by atoms with E-state index in [0.29, 0.717) is 23.7 Å². The minimum absolute atomic E-state index is 0.0424. The lowest BCUT2D eigenvalue weighted by Gasteiger charge is -2.45. The van der Waals surface area contributed by atoms with E-state index in [9.17, 15) is 10.4 Å². The van der Waals surface area contributed by atoms with E-state index in [2.05, 4.69) is 33.0 Å². The third-order valence-corrected chi connectivity index (χ3v) is 7.87. The van der Waals surface area contributed by atoms with Crippen LogP contribution in [0.4, 0.5) is 5.69 Å². The summed E-state index contributed by atoms with van der Waals surface area (Å²) >= 11 is 6.63. The van der Waals surface area contributed by atoms with Crippen LogP contribution in [0, 0.1) is 11.3 Å². The molecule has 0 saturated carbocycles. The Morgan fingerprint density at radius 2 is 2.00 bits per heavy atom. The van der Waals surface area contributed by atoms with Crippen LogP contribution in [-0.2, 0) is 21.7 Å². The van der Waals surface area contributed by atoms with Crippen molar-refractivity contribution in [1.82, 2.24) is 9.88 Å². The molecule has 0 amide bonds. The molecule has 2 aromatic carbocycles. The van der Waals surface area contributed by atoms with Crippen molar-refractivity contribution in [2.45, 2.75) is 50.7 Å². The number of aliphatic hydroxyl groups is 1. The molecule has 2 fully saturated rings. The number of halogens is 1. The maximum absolute atomic E-state index is 11.5. The second-order valence-corrected chi connectivity index (χ2v) is 11.0. The van der Waals surface area contributed by atoms with Crippen molar-refractivity contribution in [3.05, 3.63) is 94.3 Å². The Labute approximate surface area is 235 Å². The average Bonchev–Trinajstić information content (AvgIpc) is 2.97. The fourth-order valence-electron chi connectivity index (χ4n) is 5.42. The fraction of sp³-hybridized carbons (Fsp3) is 0.419. The zero-order chi connectivity index (χ0) is 27.2. The molecule has 7 nitrogen and oxygen atoms in total. The molecule has 2 aliphatic rings. The van der Waals surface area contributed by atoms with Crippen LogP contribution >= 0.6 is 11.6 Å². The number of β-amino-alcohol motifs (C(OH)–C–C–N with tert-alkyl or cyclic N) is 1. The van der Waals surface area contributed by atoms with Crippen LogP contribution in [-0.4, -0.2) is 54.1 Å². The lowest BCUT2D eigenvalue weighted by molar-refractivity contribution is -0.169. The SMILES string of the molecule is C[C@@](O)(CN1CCN(c2ccc(C#N)cc2Cl)[C@H](c2ccccc2)C1)c1ccc(COC2CCCCO2)nc1. The van der Waals surface area contributed by atoms with Crippen molar-refractivity contribution in [2.24, 2.45) is 0 Å². The van der Waals surface area contributed by atoms with Crippen molar-refractivity contribution < 1.29 is 14.6 Å². The monoisotopic (exact) mass is 546 g/mol. The highest BCUT2D eigenvalue weighted by Crippen LogP contribution is 2.36. The maximum Gasteiger partial charge on any atom is 0.158 e. The fourth-order valence-corrected chi connectivity index (χ4v) is 5.71. The normalized spacial score (nSPS) is 21.7. The predicted octanol–water partition coefficient (Wildman–Crippen LogP) is 5.42. The highest BCUT2D eigenvalue weighted by atomic mass is 35.5. The summed E-state index contributed by atoms with van der Waals surface area (Å²) in [5.74, 6) is 0. The molecule has 1 aromatic heterocycles. The number of hydrogen-bond donors (Lipinski definition) is 1. The second-order valence-electron chi connectivity index (χ2n) is 10.6. The molecule has 39 heavy (non-hydrogen) atoms. The number of rotatable bonds is 8. The summed E-state index contributed by atoms with van der Waals surface area (Å²) < 4.78 is 11.5. The first-order chi connectivity index (χ1) is 18.9. The Bertz CT molecular complexity index is 1270. The van der Waals surface area contributed by atoms with E-state index in [1.165, 1.54) is 5.56 Å². The van der Waals surface area contributed by atoms with Gasteiger partial charge in [-0.3, -0.25) is 9.88 Å². The van der Waals surface area contributed by atoms with Gasteiger partial charge in [-0.25, -0.2) is 0 Å². The largest absolute Gasteiger partial charge is 0.384 e. The number of pyridine rings is 1. The Kier molecular flexibility index (Phi) is 8.81. The molecule has 1 N–H and O–H groups in total. The van der Waals surface area contributed by atoms with Gasteiger partial charge in [-0.05, 0) is 56.0 Å². The summed E-state index contributed by atoms with van der Waals surface area (Å²) in [6.45, 7) is 5.68. The molecule has 204 valence electrons. The molecule has 2 saturated heterocycles. The lowest BCUT2D eigenvalue weighted by Crippen LogP contribution is -2.52. The molecule has 8 heteroatoms. The van der Waals surface area contributed by atoms with E-state index in [1.54, 1.807) is 12.3 Å². The van der Waals surface area contributed by atoms with Gasteiger partial charge >= 0.3 is 0 Å². The van der Waals surface area contributed by atoms with Gasteiger partial charge in [-0.2, -0.15) is 5.26 Å². The molecule has 0 spiro atoms. The van der Waals surface area contributed by atoms with E-state index in [1.807, 2.05) is 49.4 Å².